The van der Waals surface area contributed by atoms with Crippen LogP contribution in [0.2, 0.25) is 0 Å². The Morgan fingerprint density at radius 3 is 2.38 bits per heavy atom. The van der Waals surface area contributed by atoms with E-state index in [0.717, 1.165) is 11.1 Å². The summed E-state index contributed by atoms with van der Waals surface area (Å²) in [6, 6.07) is 13.7. The second-order valence-electron chi connectivity index (χ2n) is 5.19. The molecular formula is C18H17N5O. The highest BCUT2D eigenvalue weighted by atomic mass is 16.1. The van der Waals surface area contributed by atoms with Gasteiger partial charge in [0.2, 0.25) is 5.91 Å². The second kappa shape index (κ2) is 7.94. The van der Waals surface area contributed by atoms with Crippen molar-refractivity contribution in [1.29, 1.82) is 0 Å². The van der Waals surface area contributed by atoms with Gasteiger partial charge in [0.1, 0.15) is 6.33 Å². The Morgan fingerprint density at radius 2 is 1.67 bits per heavy atom. The van der Waals surface area contributed by atoms with E-state index in [-0.39, 0.29) is 18.5 Å². The van der Waals surface area contributed by atoms with Crippen LogP contribution in [-0.2, 0) is 4.79 Å². The van der Waals surface area contributed by atoms with Crippen LogP contribution >= 0.6 is 0 Å². The van der Waals surface area contributed by atoms with Crippen LogP contribution in [-0.4, -0.2) is 27.4 Å². The standard InChI is InChI=1S/C18H17N5O/c24-17(23-16-10-20-13-21-11-16)12-22-18(14-5-2-1-3-6-14)15-7-4-8-19-9-15/h1-11,13,18,22H,12H2,(H,23,24). The van der Waals surface area contributed by atoms with Crippen molar-refractivity contribution in [2.45, 2.75) is 6.04 Å². The fourth-order valence-electron chi connectivity index (χ4n) is 2.38. The van der Waals surface area contributed by atoms with E-state index in [0.29, 0.717) is 5.69 Å². The maximum atomic E-state index is 12.1. The van der Waals surface area contributed by atoms with Crippen molar-refractivity contribution >= 4 is 11.6 Å². The van der Waals surface area contributed by atoms with Gasteiger partial charge in [-0.2, -0.15) is 0 Å². The average Bonchev–Trinajstić information content (AvgIpc) is 2.64. The number of benzene rings is 1. The molecule has 24 heavy (non-hydrogen) atoms. The van der Waals surface area contributed by atoms with E-state index in [1.165, 1.54) is 6.33 Å². The fraction of sp³-hybridized carbons (Fsp3) is 0.111. The molecule has 0 radical (unpaired) electrons. The summed E-state index contributed by atoms with van der Waals surface area (Å²) in [5, 5.41) is 6.04. The van der Waals surface area contributed by atoms with Gasteiger partial charge in [-0.05, 0) is 17.2 Å². The Balaban J connectivity index is 1.70. The van der Waals surface area contributed by atoms with E-state index in [1.807, 2.05) is 42.5 Å². The second-order valence-corrected chi connectivity index (χ2v) is 5.19. The Hall–Kier alpha value is -3.12. The smallest absolute Gasteiger partial charge is 0.238 e. The maximum absolute atomic E-state index is 12.1. The zero-order valence-electron chi connectivity index (χ0n) is 13.0. The summed E-state index contributed by atoms with van der Waals surface area (Å²) in [7, 11) is 0. The van der Waals surface area contributed by atoms with Crippen LogP contribution in [0, 0.1) is 0 Å². The number of anilines is 1. The minimum atomic E-state index is -0.158. The highest BCUT2D eigenvalue weighted by molar-refractivity contribution is 5.91. The highest BCUT2D eigenvalue weighted by Gasteiger charge is 2.15. The normalized spacial score (nSPS) is 11.7. The Bertz CT molecular complexity index is 726. The average molecular weight is 319 g/mol. The molecule has 0 spiro atoms. The van der Waals surface area contributed by atoms with Gasteiger partial charge in [-0.1, -0.05) is 36.4 Å². The summed E-state index contributed by atoms with van der Waals surface area (Å²) < 4.78 is 0. The van der Waals surface area contributed by atoms with E-state index in [9.17, 15) is 4.79 Å². The van der Waals surface area contributed by atoms with Crippen LogP contribution in [0.3, 0.4) is 0 Å². The fourth-order valence-corrected chi connectivity index (χ4v) is 2.38. The van der Waals surface area contributed by atoms with Crippen LogP contribution in [0.5, 0.6) is 0 Å². The van der Waals surface area contributed by atoms with Gasteiger partial charge >= 0.3 is 0 Å². The number of rotatable bonds is 6. The molecule has 3 rings (SSSR count). The molecule has 2 aromatic heterocycles. The predicted molar refractivity (Wildman–Crippen MR) is 91.2 cm³/mol. The first kappa shape index (κ1) is 15.8. The summed E-state index contributed by atoms with van der Waals surface area (Å²) in [6.45, 7) is 0.156. The van der Waals surface area contributed by atoms with E-state index in [4.69, 9.17) is 0 Å². The largest absolute Gasteiger partial charge is 0.322 e. The monoisotopic (exact) mass is 319 g/mol. The number of carbonyl (C=O) groups is 1. The van der Waals surface area contributed by atoms with Gasteiger partial charge < -0.3 is 5.32 Å². The van der Waals surface area contributed by atoms with Crippen molar-refractivity contribution in [1.82, 2.24) is 20.3 Å². The van der Waals surface area contributed by atoms with Crippen molar-refractivity contribution in [3.63, 3.8) is 0 Å². The lowest BCUT2D eigenvalue weighted by atomic mass is 10.0. The molecule has 3 aromatic rings. The van der Waals surface area contributed by atoms with Gasteiger partial charge in [0, 0.05) is 12.4 Å². The molecule has 1 atom stereocenters. The molecule has 1 amide bonds. The lowest BCUT2D eigenvalue weighted by Crippen LogP contribution is -2.32. The molecule has 0 aliphatic heterocycles. The Labute approximate surface area is 140 Å². The molecule has 6 heteroatoms. The quantitative estimate of drug-likeness (QED) is 0.728. The summed E-state index contributed by atoms with van der Waals surface area (Å²) in [6.07, 6.45) is 8.06. The number of pyridine rings is 1. The summed E-state index contributed by atoms with van der Waals surface area (Å²) in [5.41, 5.74) is 2.64. The number of nitrogens with one attached hydrogen (secondary N) is 2. The van der Waals surface area contributed by atoms with Crippen LogP contribution in [0.4, 0.5) is 5.69 Å². The highest BCUT2D eigenvalue weighted by Crippen LogP contribution is 2.20. The molecule has 2 N–H and O–H groups in total. The van der Waals surface area contributed by atoms with E-state index >= 15 is 0 Å². The number of carbonyl (C=O) groups excluding carboxylic acids is 1. The third-order valence-electron chi connectivity index (χ3n) is 3.46. The summed E-state index contributed by atoms with van der Waals surface area (Å²) in [5.74, 6) is -0.158. The van der Waals surface area contributed by atoms with Gasteiger partial charge in [-0.3, -0.25) is 15.1 Å². The van der Waals surface area contributed by atoms with Crippen molar-refractivity contribution in [2.24, 2.45) is 0 Å². The van der Waals surface area contributed by atoms with Gasteiger partial charge in [-0.25, -0.2) is 9.97 Å². The molecule has 1 aromatic carbocycles. The Morgan fingerprint density at radius 1 is 0.917 bits per heavy atom. The lowest BCUT2D eigenvalue weighted by molar-refractivity contribution is -0.115. The van der Waals surface area contributed by atoms with Crippen LogP contribution < -0.4 is 10.6 Å². The molecule has 0 fully saturated rings. The molecule has 6 nitrogen and oxygen atoms in total. The van der Waals surface area contributed by atoms with Crippen LogP contribution in [0.1, 0.15) is 17.2 Å². The van der Waals surface area contributed by atoms with Crippen molar-refractivity contribution < 1.29 is 4.79 Å². The molecule has 120 valence electrons. The zero-order chi connectivity index (χ0) is 16.6. The molecular weight excluding hydrogens is 302 g/mol. The molecule has 0 bridgehead atoms. The van der Waals surface area contributed by atoms with Gasteiger partial charge in [-0.15, -0.1) is 0 Å². The number of aromatic nitrogens is 3. The van der Waals surface area contributed by atoms with E-state index in [2.05, 4.69) is 25.6 Å². The number of amides is 1. The Kier molecular flexibility index (Phi) is 5.21. The molecule has 0 aliphatic carbocycles. The van der Waals surface area contributed by atoms with E-state index < -0.39 is 0 Å². The van der Waals surface area contributed by atoms with Gasteiger partial charge in [0.25, 0.3) is 0 Å². The lowest BCUT2D eigenvalue weighted by Gasteiger charge is -2.19. The molecule has 2 heterocycles. The molecule has 0 aliphatic rings. The third-order valence-corrected chi connectivity index (χ3v) is 3.46. The topological polar surface area (TPSA) is 79.8 Å². The molecule has 1 unspecified atom stereocenters. The predicted octanol–water partition coefficient (Wildman–Crippen LogP) is 2.19. The number of hydrogen-bond donors (Lipinski definition) is 2. The maximum Gasteiger partial charge on any atom is 0.238 e. The first-order chi connectivity index (χ1) is 11.8. The van der Waals surface area contributed by atoms with Crippen molar-refractivity contribution in [3.8, 4) is 0 Å². The van der Waals surface area contributed by atoms with Crippen LogP contribution in [0.25, 0.3) is 0 Å². The minimum Gasteiger partial charge on any atom is -0.322 e. The minimum absolute atomic E-state index is 0.113. The first-order valence-electron chi connectivity index (χ1n) is 7.56. The van der Waals surface area contributed by atoms with Gasteiger partial charge in [0.05, 0.1) is 30.7 Å². The van der Waals surface area contributed by atoms with Crippen molar-refractivity contribution in [3.05, 3.63) is 84.7 Å². The molecule has 0 saturated carbocycles. The van der Waals surface area contributed by atoms with Crippen LogP contribution in [0.15, 0.2) is 73.6 Å². The summed E-state index contributed by atoms with van der Waals surface area (Å²) >= 11 is 0. The third kappa shape index (κ3) is 4.21. The first-order valence-corrected chi connectivity index (χ1v) is 7.56. The van der Waals surface area contributed by atoms with E-state index in [1.54, 1.807) is 24.8 Å². The summed E-state index contributed by atoms with van der Waals surface area (Å²) in [4.78, 5) is 24.1. The molecule has 0 saturated heterocycles. The number of hydrogen-bond acceptors (Lipinski definition) is 5. The van der Waals surface area contributed by atoms with Gasteiger partial charge in [0.15, 0.2) is 0 Å². The zero-order valence-corrected chi connectivity index (χ0v) is 13.0. The SMILES string of the molecule is O=C(CNC(c1ccccc1)c1cccnc1)Nc1cncnc1. The number of nitrogens with zero attached hydrogens (tertiary/aromatic N) is 3. The van der Waals surface area contributed by atoms with Crippen molar-refractivity contribution in [2.75, 3.05) is 11.9 Å².